The van der Waals surface area contributed by atoms with E-state index in [-0.39, 0.29) is 5.78 Å². The molecule has 0 saturated heterocycles. The average Bonchev–Trinajstić information content (AvgIpc) is 2.40. The van der Waals surface area contributed by atoms with Crippen LogP contribution in [0.2, 0.25) is 0 Å². The van der Waals surface area contributed by atoms with Crippen molar-refractivity contribution in [2.45, 2.75) is 27.7 Å². The lowest BCUT2D eigenvalue weighted by molar-refractivity contribution is 0.101. The number of carbonyl (C=O) groups is 1. The molecule has 0 atom stereocenters. The standard InChI is InChI=1S/C6H8N2O.C2H6/c1-4-3-6(5(2)9)8-7-4;1-2/h3H,1-2H3,(H,7,8);1-2H3. The van der Waals surface area contributed by atoms with Crippen molar-refractivity contribution in [2.75, 3.05) is 0 Å². The van der Waals surface area contributed by atoms with Gasteiger partial charge in [-0.1, -0.05) is 13.8 Å². The molecule has 1 heterocycles. The molecule has 0 aliphatic heterocycles. The van der Waals surface area contributed by atoms with E-state index in [1.54, 1.807) is 6.07 Å². The second kappa shape index (κ2) is 4.66. The average molecular weight is 154 g/mol. The summed E-state index contributed by atoms with van der Waals surface area (Å²) in [7, 11) is 0. The summed E-state index contributed by atoms with van der Waals surface area (Å²) in [4.78, 5) is 10.6. The van der Waals surface area contributed by atoms with E-state index in [1.165, 1.54) is 6.92 Å². The van der Waals surface area contributed by atoms with Crippen molar-refractivity contribution in [1.82, 2.24) is 10.2 Å². The highest BCUT2D eigenvalue weighted by Crippen LogP contribution is 1.96. The molecule has 1 aromatic rings. The fraction of sp³-hybridized carbons (Fsp3) is 0.500. The molecule has 0 radical (unpaired) electrons. The first-order valence-corrected chi connectivity index (χ1v) is 3.73. The molecule has 0 bridgehead atoms. The van der Waals surface area contributed by atoms with Crippen LogP contribution in [0.3, 0.4) is 0 Å². The lowest BCUT2D eigenvalue weighted by Crippen LogP contribution is -1.90. The first kappa shape index (κ1) is 9.88. The van der Waals surface area contributed by atoms with E-state index in [9.17, 15) is 4.79 Å². The zero-order valence-electron chi connectivity index (χ0n) is 7.43. The topological polar surface area (TPSA) is 45.8 Å². The summed E-state index contributed by atoms with van der Waals surface area (Å²) in [6.07, 6.45) is 0. The first-order chi connectivity index (χ1) is 5.20. The number of nitrogens with zero attached hydrogens (tertiary/aromatic N) is 1. The highest BCUT2D eigenvalue weighted by Gasteiger charge is 2.00. The molecule has 0 amide bonds. The minimum atomic E-state index is -0.000602. The molecule has 1 aromatic heterocycles. The maximum Gasteiger partial charge on any atom is 0.179 e. The molecular formula is C8H14N2O. The number of carbonyl (C=O) groups excluding carboxylic acids is 1. The van der Waals surface area contributed by atoms with E-state index in [2.05, 4.69) is 10.2 Å². The van der Waals surface area contributed by atoms with Crippen LogP contribution < -0.4 is 0 Å². The smallest absolute Gasteiger partial charge is 0.179 e. The molecule has 62 valence electrons. The van der Waals surface area contributed by atoms with Crippen molar-refractivity contribution in [3.8, 4) is 0 Å². The summed E-state index contributed by atoms with van der Waals surface area (Å²) >= 11 is 0. The largest absolute Gasteiger partial charge is 0.293 e. The second-order valence-corrected chi connectivity index (χ2v) is 1.99. The Kier molecular flexibility index (Phi) is 4.18. The number of ketones is 1. The molecule has 1 rings (SSSR count). The fourth-order valence-electron chi connectivity index (χ4n) is 0.598. The van der Waals surface area contributed by atoms with Gasteiger partial charge in [0.25, 0.3) is 0 Å². The maximum absolute atomic E-state index is 10.6. The number of rotatable bonds is 1. The highest BCUT2D eigenvalue weighted by atomic mass is 16.1. The fourth-order valence-corrected chi connectivity index (χ4v) is 0.598. The Labute approximate surface area is 66.8 Å². The summed E-state index contributed by atoms with van der Waals surface area (Å²) < 4.78 is 0. The lowest BCUT2D eigenvalue weighted by Gasteiger charge is -1.78. The van der Waals surface area contributed by atoms with Gasteiger partial charge in [-0.2, -0.15) is 5.10 Å². The van der Waals surface area contributed by atoms with Crippen molar-refractivity contribution < 1.29 is 4.79 Å². The number of aryl methyl sites for hydroxylation is 1. The number of aromatic amines is 1. The zero-order chi connectivity index (χ0) is 8.85. The maximum atomic E-state index is 10.6. The number of hydrogen-bond donors (Lipinski definition) is 1. The van der Waals surface area contributed by atoms with E-state index in [4.69, 9.17) is 0 Å². The predicted molar refractivity (Wildman–Crippen MR) is 44.7 cm³/mol. The Morgan fingerprint density at radius 3 is 2.27 bits per heavy atom. The molecule has 0 saturated carbocycles. The van der Waals surface area contributed by atoms with Gasteiger partial charge in [0.1, 0.15) is 5.69 Å². The molecule has 3 heteroatoms. The van der Waals surface area contributed by atoms with Gasteiger partial charge in [0.2, 0.25) is 0 Å². The van der Waals surface area contributed by atoms with Crippen LogP contribution in [0.4, 0.5) is 0 Å². The van der Waals surface area contributed by atoms with Crippen LogP contribution in [-0.4, -0.2) is 16.0 Å². The normalized spacial score (nSPS) is 8.36. The highest BCUT2D eigenvalue weighted by molar-refractivity contribution is 5.92. The Balaban J connectivity index is 0.000000461. The Bertz CT molecular complexity index is 228. The minimum absolute atomic E-state index is 0.000602. The van der Waals surface area contributed by atoms with Crippen molar-refractivity contribution in [3.05, 3.63) is 17.5 Å². The van der Waals surface area contributed by atoms with Crippen LogP contribution >= 0.6 is 0 Å². The van der Waals surface area contributed by atoms with Gasteiger partial charge in [-0.15, -0.1) is 0 Å². The van der Waals surface area contributed by atoms with E-state index >= 15 is 0 Å². The molecule has 3 nitrogen and oxygen atoms in total. The number of nitrogens with one attached hydrogen (secondary N) is 1. The van der Waals surface area contributed by atoms with Gasteiger partial charge in [-0.05, 0) is 13.0 Å². The molecular weight excluding hydrogens is 140 g/mol. The Hall–Kier alpha value is -1.12. The van der Waals surface area contributed by atoms with Gasteiger partial charge in [-0.3, -0.25) is 9.89 Å². The third-order valence-corrected chi connectivity index (χ3v) is 1.07. The first-order valence-electron chi connectivity index (χ1n) is 3.73. The van der Waals surface area contributed by atoms with Crippen LogP contribution in [-0.2, 0) is 0 Å². The van der Waals surface area contributed by atoms with Crippen LogP contribution in [0.1, 0.15) is 37.0 Å². The quantitative estimate of drug-likeness (QED) is 0.628. The van der Waals surface area contributed by atoms with Crippen molar-refractivity contribution in [2.24, 2.45) is 0 Å². The van der Waals surface area contributed by atoms with Crippen LogP contribution in [0.25, 0.3) is 0 Å². The molecule has 0 spiro atoms. The lowest BCUT2D eigenvalue weighted by atomic mass is 10.3. The third kappa shape index (κ3) is 2.98. The molecule has 0 aliphatic carbocycles. The van der Waals surface area contributed by atoms with Gasteiger partial charge >= 0.3 is 0 Å². The molecule has 0 aliphatic rings. The monoisotopic (exact) mass is 154 g/mol. The van der Waals surface area contributed by atoms with Crippen molar-refractivity contribution in [3.63, 3.8) is 0 Å². The zero-order valence-corrected chi connectivity index (χ0v) is 7.43. The van der Waals surface area contributed by atoms with Gasteiger partial charge < -0.3 is 0 Å². The summed E-state index contributed by atoms with van der Waals surface area (Å²) in [5, 5.41) is 6.42. The number of Topliss-reactive ketones (excluding diaryl/α,β-unsaturated/α-hetero) is 1. The van der Waals surface area contributed by atoms with Gasteiger partial charge in [0.05, 0.1) is 0 Å². The number of aromatic nitrogens is 2. The molecule has 11 heavy (non-hydrogen) atoms. The van der Waals surface area contributed by atoms with Crippen molar-refractivity contribution in [1.29, 1.82) is 0 Å². The van der Waals surface area contributed by atoms with Crippen LogP contribution in [0.5, 0.6) is 0 Å². The molecule has 0 aromatic carbocycles. The van der Waals surface area contributed by atoms with E-state index in [0.717, 1.165) is 5.69 Å². The minimum Gasteiger partial charge on any atom is -0.293 e. The molecule has 0 unspecified atom stereocenters. The van der Waals surface area contributed by atoms with E-state index in [1.807, 2.05) is 20.8 Å². The van der Waals surface area contributed by atoms with E-state index < -0.39 is 0 Å². The predicted octanol–water partition coefficient (Wildman–Crippen LogP) is 1.95. The van der Waals surface area contributed by atoms with Crippen LogP contribution in [0, 0.1) is 6.92 Å². The molecule has 0 fully saturated rings. The van der Waals surface area contributed by atoms with Crippen molar-refractivity contribution >= 4 is 5.78 Å². The van der Waals surface area contributed by atoms with Crippen LogP contribution in [0.15, 0.2) is 6.07 Å². The van der Waals surface area contributed by atoms with Gasteiger partial charge in [-0.25, -0.2) is 0 Å². The summed E-state index contributed by atoms with van der Waals surface area (Å²) in [5.41, 5.74) is 1.42. The summed E-state index contributed by atoms with van der Waals surface area (Å²) in [5.74, 6) is -0.000602. The number of hydrogen-bond acceptors (Lipinski definition) is 2. The number of H-pyrrole nitrogens is 1. The molecule has 1 N–H and O–H groups in total. The second-order valence-electron chi connectivity index (χ2n) is 1.99. The van der Waals surface area contributed by atoms with Gasteiger partial charge in [0.15, 0.2) is 5.78 Å². The van der Waals surface area contributed by atoms with E-state index in [0.29, 0.717) is 5.69 Å². The Morgan fingerprint density at radius 2 is 2.09 bits per heavy atom. The Morgan fingerprint density at radius 1 is 1.55 bits per heavy atom. The summed E-state index contributed by atoms with van der Waals surface area (Å²) in [6, 6.07) is 1.72. The third-order valence-electron chi connectivity index (χ3n) is 1.07. The summed E-state index contributed by atoms with van der Waals surface area (Å²) in [6.45, 7) is 7.36. The SMILES string of the molecule is CC.CC(=O)c1cc(C)[nH]n1. The van der Waals surface area contributed by atoms with Gasteiger partial charge in [0, 0.05) is 12.6 Å².